The van der Waals surface area contributed by atoms with E-state index >= 15 is 0 Å². The van der Waals surface area contributed by atoms with E-state index in [0.717, 1.165) is 13.0 Å². The molecule has 0 fully saturated rings. The largest absolute Gasteiger partial charge is 0.395 e. The van der Waals surface area contributed by atoms with Gasteiger partial charge in [-0.1, -0.05) is 75.7 Å². The highest BCUT2D eigenvalue weighted by Gasteiger charge is 2.45. The van der Waals surface area contributed by atoms with Crippen LogP contribution in [0.2, 0.25) is 0 Å². The van der Waals surface area contributed by atoms with Gasteiger partial charge in [0, 0.05) is 47.5 Å². The maximum Gasteiger partial charge on any atom is 0.210 e. The number of anilines is 1. The van der Waals surface area contributed by atoms with Gasteiger partial charge >= 0.3 is 0 Å². The number of fused-ring (bicyclic) bond motifs is 4. The summed E-state index contributed by atoms with van der Waals surface area (Å²) in [4.78, 5) is 2.28. The number of nitrogens with zero attached hydrogens (tertiary/aromatic N) is 2. The third-order valence-corrected chi connectivity index (χ3v) is 8.12. The third kappa shape index (κ3) is 3.81. The fourth-order valence-corrected chi connectivity index (χ4v) is 6.30. The lowest BCUT2D eigenvalue weighted by atomic mass is 9.79. The first kappa shape index (κ1) is 24.5. The quantitative estimate of drug-likeness (QED) is 0.361. The lowest BCUT2D eigenvalue weighted by molar-refractivity contribution is -0.438. The second-order valence-electron chi connectivity index (χ2n) is 11.1. The van der Waals surface area contributed by atoms with Gasteiger partial charge in [0.2, 0.25) is 5.69 Å². The molecule has 36 heavy (non-hydrogen) atoms. The number of allylic oxidation sites excluding steroid dienone is 4. The molecule has 186 valence electrons. The number of aliphatic hydroxyl groups excluding tert-OH is 1. The minimum Gasteiger partial charge on any atom is -0.395 e. The predicted octanol–water partition coefficient (Wildman–Crippen LogP) is 7.25. The van der Waals surface area contributed by atoms with Crippen molar-refractivity contribution in [3.05, 3.63) is 95.7 Å². The number of aliphatic hydroxyl groups is 1. The number of β-amino-alcohol motifs (C(OH)–C–C–N with tert-alkyl or cyclic N) is 1. The molecule has 2 aliphatic heterocycles. The molecule has 2 heterocycles. The van der Waals surface area contributed by atoms with Crippen molar-refractivity contribution in [3.63, 3.8) is 0 Å². The second kappa shape index (κ2) is 9.37. The van der Waals surface area contributed by atoms with Crippen molar-refractivity contribution in [3.8, 4) is 0 Å². The molecule has 0 unspecified atom stereocenters. The Morgan fingerprint density at radius 2 is 1.67 bits per heavy atom. The van der Waals surface area contributed by atoms with Crippen molar-refractivity contribution in [2.24, 2.45) is 0 Å². The lowest BCUT2D eigenvalue weighted by Gasteiger charge is -2.26. The Hall–Kier alpha value is -3.17. The SMILES string of the molecule is CCCC[N+]1=C(/C=C/C=C2\N(CCO)c3ccccc3C2(C)C)C(C)(C)c2c1ccc1ccccc21. The van der Waals surface area contributed by atoms with Crippen LogP contribution in [0.5, 0.6) is 0 Å². The average Bonchev–Trinajstić information content (AvgIpc) is 3.22. The molecular weight excluding hydrogens is 440 g/mol. The summed E-state index contributed by atoms with van der Waals surface area (Å²) in [5.41, 5.74) is 7.65. The van der Waals surface area contributed by atoms with Crippen molar-refractivity contribution >= 4 is 27.9 Å². The minimum atomic E-state index is -0.118. The summed E-state index contributed by atoms with van der Waals surface area (Å²) in [5, 5.41) is 12.5. The molecule has 2 aliphatic rings. The van der Waals surface area contributed by atoms with Crippen LogP contribution in [0.1, 0.15) is 58.6 Å². The van der Waals surface area contributed by atoms with Crippen LogP contribution >= 0.6 is 0 Å². The zero-order valence-electron chi connectivity index (χ0n) is 22.4. The smallest absolute Gasteiger partial charge is 0.210 e. The first-order valence-electron chi connectivity index (χ1n) is 13.4. The van der Waals surface area contributed by atoms with Gasteiger partial charge in [-0.25, -0.2) is 0 Å². The molecule has 3 heteroatoms. The summed E-state index contributed by atoms with van der Waals surface area (Å²) in [6.45, 7) is 13.3. The first-order chi connectivity index (χ1) is 17.3. The molecule has 5 rings (SSSR count). The summed E-state index contributed by atoms with van der Waals surface area (Å²) in [6.07, 6.45) is 9.15. The summed E-state index contributed by atoms with van der Waals surface area (Å²) in [5.74, 6) is 0. The molecule has 0 aliphatic carbocycles. The van der Waals surface area contributed by atoms with Gasteiger partial charge in [0.15, 0.2) is 5.71 Å². The summed E-state index contributed by atoms with van der Waals surface area (Å²) in [6, 6.07) is 21.9. The molecule has 3 aromatic rings. The topological polar surface area (TPSA) is 26.5 Å². The maximum absolute atomic E-state index is 9.81. The molecule has 3 aromatic carbocycles. The fourth-order valence-electron chi connectivity index (χ4n) is 6.30. The standard InChI is InChI=1S/C33H39N2O/c1-6-7-21-34-28-20-19-24-13-8-9-14-25(24)31(28)33(4,5)30(34)18-12-17-29-32(2,3)26-15-10-11-16-27(26)35(29)22-23-36/h8-20,36H,6-7,21-23H2,1-5H3/q+1. The second-order valence-corrected chi connectivity index (χ2v) is 11.1. The zero-order valence-corrected chi connectivity index (χ0v) is 22.4. The Labute approximate surface area is 216 Å². The highest BCUT2D eigenvalue weighted by atomic mass is 16.3. The van der Waals surface area contributed by atoms with Gasteiger partial charge in [-0.05, 0) is 48.4 Å². The van der Waals surface area contributed by atoms with Crippen LogP contribution < -0.4 is 4.90 Å². The van der Waals surface area contributed by atoms with Gasteiger partial charge in [0.05, 0.1) is 12.0 Å². The molecule has 3 nitrogen and oxygen atoms in total. The van der Waals surface area contributed by atoms with Crippen LogP contribution in [0.4, 0.5) is 11.4 Å². The zero-order chi connectivity index (χ0) is 25.5. The van der Waals surface area contributed by atoms with E-state index in [1.807, 2.05) is 0 Å². The first-order valence-corrected chi connectivity index (χ1v) is 13.4. The van der Waals surface area contributed by atoms with Crippen molar-refractivity contribution in [2.75, 3.05) is 24.6 Å². The normalized spacial score (nSPS) is 19.1. The van der Waals surface area contributed by atoms with Crippen LogP contribution in [0.25, 0.3) is 10.8 Å². The molecule has 0 radical (unpaired) electrons. The summed E-state index contributed by atoms with van der Waals surface area (Å²) >= 11 is 0. The van der Waals surface area contributed by atoms with E-state index in [4.69, 9.17) is 0 Å². The van der Waals surface area contributed by atoms with E-state index in [0.29, 0.717) is 6.54 Å². The van der Waals surface area contributed by atoms with E-state index in [-0.39, 0.29) is 17.4 Å². The van der Waals surface area contributed by atoms with Crippen molar-refractivity contribution in [1.82, 2.24) is 0 Å². The van der Waals surface area contributed by atoms with E-state index in [1.165, 1.54) is 51.1 Å². The molecule has 0 saturated heterocycles. The minimum absolute atomic E-state index is 0.0993. The lowest BCUT2D eigenvalue weighted by Crippen LogP contribution is -2.29. The Morgan fingerprint density at radius 3 is 2.44 bits per heavy atom. The number of hydrogen-bond acceptors (Lipinski definition) is 2. The molecule has 0 amide bonds. The van der Waals surface area contributed by atoms with Gasteiger partial charge in [-0.15, -0.1) is 0 Å². The summed E-state index contributed by atoms with van der Waals surface area (Å²) in [7, 11) is 0. The van der Waals surface area contributed by atoms with Crippen molar-refractivity contribution in [1.29, 1.82) is 0 Å². The van der Waals surface area contributed by atoms with E-state index < -0.39 is 0 Å². The maximum atomic E-state index is 9.81. The average molecular weight is 480 g/mol. The monoisotopic (exact) mass is 479 g/mol. The van der Waals surface area contributed by atoms with Gasteiger partial charge < -0.3 is 10.0 Å². The molecule has 0 saturated carbocycles. The molecule has 0 atom stereocenters. The van der Waals surface area contributed by atoms with E-state index in [1.54, 1.807) is 0 Å². The Bertz CT molecular complexity index is 1390. The van der Waals surface area contributed by atoms with Crippen LogP contribution in [-0.2, 0) is 10.8 Å². The Morgan fingerprint density at radius 1 is 0.917 bits per heavy atom. The molecule has 0 aromatic heterocycles. The van der Waals surface area contributed by atoms with Gasteiger partial charge in [0.1, 0.15) is 6.54 Å². The van der Waals surface area contributed by atoms with Gasteiger partial charge in [0.25, 0.3) is 0 Å². The van der Waals surface area contributed by atoms with Crippen LogP contribution in [0.3, 0.4) is 0 Å². The van der Waals surface area contributed by atoms with E-state index in [9.17, 15) is 5.11 Å². The number of para-hydroxylation sites is 1. The number of unbranched alkanes of at least 4 members (excludes halogenated alkanes) is 1. The molecule has 0 bridgehead atoms. The summed E-state index contributed by atoms with van der Waals surface area (Å²) < 4.78 is 2.54. The van der Waals surface area contributed by atoms with Gasteiger partial charge in [-0.2, -0.15) is 4.58 Å². The number of benzene rings is 3. The Balaban J connectivity index is 1.59. The van der Waals surface area contributed by atoms with Crippen molar-refractivity contribution in [2.45, 2.75) is 58.3 Å². The molecular formula is C33H39N2O+. The van der Waals surface area contributed by atoms with Crippen LogP contribution in [-0.4, -0.2) is 35.1 Å². The van der Waals surface area contributed by atoms with Crippen LogP contribution in [0, 0.1) is 0 Å². The number of rotatable bonds is 7. The molecule has 0 spiro atoms. The highest BCUT2D eigenvalue weighted by Crippen LogP contribution is 2.48. The Kier molecular flexibility index (Phi) is 6.38. The van der Waals surface area contributed by atoms with E-state index in [2.05, 4.69) is 123 Å². The highest BCUT2D eigenvalue weighted by molar-refractivity contribution is 6.07. The number of hydrogen-bond donors (Lipinski definition) is 1. The van der Waals surface area contributed by atoms with Crippen molar-refractivity contribution < 1.29 is 9.68 Å². The van der Waals surface area contributed by atoms with Gasteiger partial charge in [-0.3, -0.25) is 0 Å². The third-order valence-electron chi connectivity index (χ3n) is 8.12. The molecule has 1 N–H and O–H groups in total. The fraction of sp³-hybridized carbons (Fsp3) is 0.364. The predicted molar refractivity (Wildman–Crippen MR) is 153 cm³/mol. The van der Waals surface area contributed by atoms with Crippen LogP contribution in [0.15, 0.2) is 84.6 Å².